The fourth-order valence-corrected chi connectivity index (χ4v) is 3.29. The van der Waals surface area contributed by atoms with Crippen LogP contribution in [0.15, 0.2) is 18.3 Å². The van der Waals surface area contributed by atoms with Crippen LogP contribution in [0.3, 0.4) is 0 Å². The maximum atomic E-state index is 11.0. The SMILES string of the molecule is C[C@H](N)c1nc2ccn(C)c2cc1C1CCN(C(=O)O)CC1. The number of amides is 1. The third kappa shape index (κ3) is 2.54. The molecule has 1 amide bonds. The van der Waals surface area contributed by atoms with Crippen LogP contribution in [0.25, 0.3) is 11.0 Å². The van der Waals surface area contributed by atoms with Gasteiger partial charge in [0.25, 0.3) is 0 Å². The van der Waals surface area contributed by atoms with E-state index in [1.54, 1.807) is 0 Å². The molecule has 0 radical (unpaired) electrons. The van der Waals surface area contributed by atoms with Crippen molar-refractivity contribution >= 4 is 17.1 Å². The van der Waals surface area contributed by atoms with E-state index < -0.39 is 6.09 Å². The highest BCUT2D eigenvalue weighted by Crippen LogP contribution is 2.33. The lowest BCUT2D eigenvalue weighted by Gasteiger charge is -2.31. The van der Waals surface area contributed by atoms with Crippen molar-refractivity contribution in [2.75, 3.05) is 13.1 Å². The van der Waals surface area contributed by atoms with Crippen molar-refractivity contribution in [2.24, 2.45) is 12.8 Å². The molecule has 2 aromatic heterocycles. The van der Waals surface area contributed by atoms with E-state index in [4.69, 9.17) is 15.8 Å². The van der Waals surface area contributed by atoms with Crippen molar-refractivity contribution in [3.05, 3.63) is 29.6 Å². The average Bonchev–Trinajstić information content (AvgIpc) is 2.87. The molecule has 6 nitrogen and oxygen atoms in total. The first-order valence-corrected chi connectivity index (χ1v) is 7.66. The number of hydrogen-bond acceptors (Lipinski definition) is 3. The molecule has 0 aliphatic carbocycles. The van der Waals surface area contributed by atoms with E-state index >= 15 is 0 Å². The first-order chi connectivity index (χ1) is 10.5. The van der Waals surface area contributed by atoms with Gasteiger partial charge >= 0.3 is 6.09 Å². The predicted octanol–water partition coefficient (Wildman–Crippen LogP) is 2.45. The van der Waals surface area contributed by atoms with Crippen LogP contribution in [-0.2, 0) is 7.05 Å². The number of piperidine rings is 1. The molecular formula is C16H22N4O2. The molecule has 3 rings (SSSR count). The highest BCUT2D eigenvalue weighted by Gasteiger charge is 2.26. The molecule has 1 fully saturated rings. The van der Waals surface area contributed by atoms with Crippen molar-refractivity contribution < 1.29 is 9.90 Å². The highest BCUT2D eigenvalue weighted by molar-refractivity contribution is 5.77. The first kappa shape index (κ1) is 14.8. The van der Waals surface area contributed by atoms with Gasteiger partial charge in [-0.2, -0.15) is 0 Å². The molecule has 1 saturated heterocycles. The lowest BCUT2D eigenvalue weighted by Crippen LogP contribution is -2.37. The fraction of sp³-hybridized carbons (Fsp3) is 0.500. The smallest absolute Gasteiger partial charge is 0.407 e. The second-order valence-electron chi connectivity index (χ2n) is 6.13. The van der Waals surface area contributed by atoms with Crippen molar-refractivity contribution in [2.45, 2.75) is 31.7 Å². The number of nitrogens with zero attached hydrogens (tertiary/aromatic N) is 3. The topological polar surface area (TPSA) is 84.4 Å². The van der Waals surface area contributed by atoms with Gasteiger partial charge in [-0.1, -0.05) is 0 Å². The van der Waals surface area contributed by atoms with Crippen LogP contribution in [-0.4, -0.2) is 38.7 Å². The zero-order valence-electron chi connectivity index (χ0n) is 13.0. The third-order valence-corrected chi connectivity index (χ3v) is 4.56. The number of likely N-dealkylation sites (tertiary alicyclic amines) is 1. The molecular weight excluding hydrogens is 280 g/mol. The molecule has 0 spiro atoms. The van der Waals surface area contributed by atoms with Crippen molar-refractivity contribution in [3.63, 3.8) is 0 Å². The number of aryl methyl sites for hydroxylation is 1. The Morgan fingerprint density at radius 2 is 2.14 bits per heavy atom. The van der Waals surface area contributed by atoms with Crippen molar-refractivity contribution in [1.29, 1.82) is 0 Å². The van der Waals surface area contributed by atoms with Gasteiger partial charge in [0.15, 0.2) is 0 Å². The Bertz CT molecular complexity index is 699. The van der Waals surface area contributed by atoms with Crippen LogP contribution in [0.1, 0.15) is 43.0 Å². The van der Waals surface area contributed by atoms with Crippen LogP contribution in [0.5, 0.6) is 0 Å². The van der Waals surface area contributed by atoms with Crippen LogP contribution in [0, 0.1) is 0 Å². The number of fused-ring (bicyclic) bond motifs is 1. The number of hydrogen-bond donors (Lipinski definition) is 2. The number of pyridine rings is 1. The van der Waals surface area contributed by atoms with Gasteiger partial charge < -0.3 is 20.3 Å². The molecule has 0 unspecified atom stereocenters. The van der Waals surface area contributed by atoms with Crippen LogP contribution in [0.2, 0.25) is 0 Å². The summed E-state index contributed by atoms with van der Waals surface area (Å²) in [6.07, 6.45) is 2.81. The zero-order chi connectivity index (χ0) is 15.9. The number of carbonyl (C=O) groups is 1. The maximum absolute atomic E-state index is 11.0. The number of carboxylic acid groups (broad SMARTS) is 1. The normalized spacial score (nSPS) is 17.9. The molecule has 3 N–H and O–H groups in total. The number of nitrogens with two attached hydrogens (primary N) is 1. The minimum absolute atomic E-state index is 0.128. The van der Waals surface area contributed by atoms with Gasteiger partial charge in [-0.3, -0.25) is 0 Å². The van der Waals surface area contributed by atoms with Crippen LogP contribution in [0.4, 0.5) is 4.79 Å². The molecule has 3 heterocycles. The Labute approximate surface area is 129 Å². The van der Waals surface area contributed by atoms with Gasteiger partial charge in [0, 0.05) is 32.4 Å². The third-order valence-electron chi connectivity index (χ3n) is 4.56. The van der Waals surface area contributed by atoms with Gasteiger partial charge in [0.05, 0.1) is 16.7 Å². The van der Waals surface area contributed by atoms with Crippen LogP contribution < -0.4 is 5.73 Å². The van der Waals surface area contributed by atoms with Gasteiger partial charge in [-0.15, -0.1) is 0 Å². The Morgan fingerprint density at radius 3 is 2.73 bits per heavy atom. The lowest BCUT2D eigenvalue weighted by atomic mass is 9.87. The molecule has 118 valence electrons. The summed E-state index contributed by atoms with van der Waals surface area (Å²) in [6, 6.07) is 4.05. The minimum Gasteiger partial charge on any atom is -0.465 e. The first-order valence-electron chi connectivity index (χ1n) is 7.66. The van der Waals surface area contributed by atoms with E-state index in [0.29, 0.717) is 19.0 Å². The molecule has 0 bridgehead atoms. The van der Waals surface area contributed by atoms with Gasteiger partial charge in [0.2, 0.25) is 0 Å². The summed E-state index contributed by atoms with van der Waals surface area (Å²) in [5.41, 5.74) is 10.3. The summed E-state index contributed by atoms with van der Waals surface area (Å²) in [5, 5.41) is 9.08. The standard InChI is InChI=1S/C16H22N4O2/c1-10(17)15-12(9-14-13(18-15)5-6-19(14)2)11-3-7-20(8-4-11)16(21)22/h5-6,9-11H,3-4,7-8,17H2,1-2H3,(H,21,22)/t10-/m0/s1. The summed E-state index contributed by atoms with van der Waals surface area (Å²) < 4.78 is 2.06. The van der Waals surface area contributed by atoms with E-state index in [1.165, 1.54) is 10.5 Å². The fourth-order valence-electron chi connectivity index (χ4n) is 3.29. The van der Waals surface area contributed by atoms with Gasteiger partial charge in [-0.25, -0.2) is 9.78 Å². The summed E-state index contributed by atoms with van der Waals surface area (Å²) in [6.45, 7) is 3.10. The number of rotatable bonds is 2. The van der Waals surface area contributed by atoms with Gasteiger partial charge in [-0.05, 0) is 43.4 Å². The van der Waals surface area contributed by atoms with E-state index in [0.717, 1.165) is 29.6 Å². The Kier molecular flexibility index (Phi) is 3.78. The Balaban J connectivity index is 1.96. The molecule has 1 atom stereocenters. The molecule has 0 aromatic carbocycles. The average molecular weight is 302 g/mol. The second kappa shape index (κ2) is 5.61. The molecule has 0 saturated carbocycles. The summed E-state index contributed by atoms with van der Waals surface area (Å²) in [7, 11) is 2.01. The molecule has 22 heavy (non-hydrogen) atoms. The van der Waals surface area contributed by atoms with Crippen LogP contribution >= 0.6 is 0 Å². The Morgan fingerprint density at radius 1 is 1.45 bits per heavy atom. The molecule has 6 heteroatoms. The molecule has 1 aliphatic rings. The highest BCUT2D eigenvalue weighted by atomic mass is 16.4. The second-order valence-corrected chi connectivity index (χ2v) is 6.13. The monoisotopic (exact) mass is 302 g/mol. The summed E-state index contributed by atoms with van der Waals surface area (Å²) in [5.74, 6) is 0.323. The summed E-state index contributed by atoms with van der Waals surface area (Å²) >= 11 is 0. The van der Waals surface area contributed by atoms with Crippen molar-refractivity contribution in [3.8, 4) is 0 Å². The van der Waals surface area contributed by atoms with E-state index in [9.17, 15) is 4.79 Å². The zero-order valence-corrected chi connectivity index (χ0v) is 13.0. The predicted molar refractivity (Wildman–Crippen MR) is 84.9 cm³/mol. The van der Waals surface area contributed by atoms with E-state index in [1.807, 2.05) is 26.2 Å². The van der Waals surface area contributed by atoms with Crippen molar-refractivity contribution in [1.82, 2.24) is 14.5 Å². The minimum atomic E-state index is -0.832. The lowest BCUT2D eigenvalue weighted by molar-refractivity contribution is 0.132. The Hall–Kier alpha value is -2.08. The summed E-state index contributed by atoms with van der Waals surface area (Å²) in [4.78, 5) is 17.3. The van der Waals surface area contributed by atoms with E-state index in [-0.39, 0.29) is 6.04 Å². The van der Waals surface area contributed by atoms with E-state index in [2.05, 4.69) is 10.6 Å². The molecule has 1 aliphatic heterocycles. The molecule has 2 aromatic rings. The quantitative estimate of drug-likeness (QED) is 0.892. The number of aromatic nitrogens is 2. The maximum Gasteiger partial charge on any atom is 0.407 e. The largest absolute Gasteiger partial charge is 0.465 e. The van der Waals surface area contributed by atoms with Gasteiger partial charge in [0.1, 0.15) is 0 Å².